The number of rotatable bonds is 4. The van der Waals surface area contributed by atoms with Gasteiger partial charge in [0.15, 0.2) is 4.91 Å². The zero-order valence-electron chi connectivity index (χ0n) is 14.4. The molecule has 3 aromatic rings. The van der Waals surface area contributed by atoms with Crippen LogP contribution >= 0.6 is 22.9 Å². The number of halogens is 1. The predicted octanol–water partition coefficient (Wildman–Crippen LogP) is 4.28. The van der Waals surface area contributed by atoms with Crippen molar-refractivity contribution in [3.63, 3.8) is 0 Å². The number of anilines is 2. The van der Waals surface area contributed by atoms with Gasteiger partial charge >= 0.3 is 0 Å². The zero-order valence-corrected chi connectivity index (χ0v) is 16.8. The molecule has 0 unspecified atom stereocenters. The van der Waals surface area contributed by atoms with Gasteiger partial charge in [-0.05, 0) is 41.3 Å². The normalized spacial score (nSPS) is 16.8. The molecule has 0 amide bonds. The molecular formula is C19H14ClN3O3S2. The molecule has 3 heterocycles. The van der Waals surface area contributed by atoms with Crippen molar-refractivity contribution >= 4 is 50.1 Å². The van der Waals surface area contributed by atoms with E-state index in [2.05, 4.69) is 10.3 Å². The Kier molecular flexibility index (Phi) is 4.92. The Balaban J connectivity index is 1.75. The number of allylic oxidation sites excluding steroid dienone is 1. The molecular weight excluding hydrogens is 418 g/mol. The fourth-order valence-electron chi connectivity index (χ4n) is 2.81. The number of benzene rings is 1. The average molecular weight is 432 g/mol. The van der Waals surface area contributed by atoms with Crippen LogP contribution in [-0.4, -0.2) is 19.2 Å². The van der Waals surface area contributed by atoms with Crippen molar-refractivity contribution in [2.24, 2.45) is 0 Å². The summed E-state index contributed by atoms with van der Waals surface area (Å²) in [6, 6.07) is 12.0. The summed E-state index contributed by atoms with van der Waals surface area (Å²) in [6.45, 7) is 0.0980. The highest BCUT2D eigenvalue weighted by Gasteiger charge is 2.41. The number of fused-ring (bicyclic) bond motifs is 1. The molecule has 9 heteroatoms. The minimum atomic E-state index is -4.04. The van der Waals surface area contributed by atoms with Crippen LogP contribution in [-0.2, 0) is 16.6 Å². The van der Waals surface area contributed by atoms with Gasteiger partial charge in [0.2, 0.25) is 5.78 Å². The number of aromatic nitrogens is 1. The van der Waals surface area contributed by atoms with Crippen molar-refractivity contribution in [1.82, 2.24) is 4.98 Å². The first-order chi connectivity index (χ1) is 13.5. The van der Waals surface area contributed by atoms with E-state index in [1.54, 1.807) is 60.2 Å². The maximum absolute atomic E-state index is 13.2. The molecule has 0 bridgehead atoms. The van der Waals surface area contributed by atoms with Crippen LogP contribution in [0.1, 0.15) is 15.2 Å². The highest BCUT2D eigenvalue weighted by molar-refractivity contribution is 7.97. The van der Waals surface area contributed by atoms with E-state index in [0.717, 1.165) is 5.56 Å². The number of nitrogens with one attached hydrogen (secondary N) is 1. The van der Waals surface area contributed by atoms with Crippen LogP contribution in [0.3, 0.4) is 0 Å². The van der Waals surface area contributed by atoms with Gasteiger partial charge in [0.1, 0.15) is 4.88 Å². The van der Waals surface area contributed by atoms with Crippen molar-refractivity contribution in [2.45, 2.75) is 6.54 Å². The first kappa shape index (κ1) is 18.7. The van der Waals surface area contributed by atoms with Gasteiger partial charge in [-0.1, -0.05) is 23.7 Å². The number of ketones is 1. The number of hydrogen-bond acceptors (Lipinski definition) is 6. The Labute approximate surface area is 171 Å². The van der Waals surface area contributed by atoms with Gasteiger partial charge in [-0.2, -0.15) is 0 Å². The van der Waals surface area contributed by atoms with Gasteiger partial charge < -0.3 is 5.32 Å². The van der Waals surface area contributed by atoms with E-state index in [1.807, 2.05) is 0 Å². The Bertz CT molecular complexity index is 1160. The minimum Gasteiger partial charge on any atom is -0.359 e. The Hall–Kier alpha value is -2.68. The van der Waals surface area contributed by atoms with E-state index in [0.29, 0.717) is 21.3 Å². The predicted molar refractivity (Wildman–Crippen MR) is 111 cm³/mol. The monoisotopic (exact) mass is 431 g/mol. The third-order valence-electron chi connectivity index (χ3n) is 4.18. The number of carbonyl (C=O) groups excluding carboxylic acids is 1. The summed E-state index contributed by atoms with van der Waals surface area (Å²) in [5.74, 6) is -0.520. The molecule has 6 nitrogen and oxygen atoms in total. The molecule has 0 saturated heterocycles. The molecule has 28 heavy (non-hydrogen) atoms. The molecule has 4 rings (SSSR count). The van der Waals surface area contributed by atoms with Crippen LogP contribution in [0.5, 0.6) is 0 Å². The summed E-state index contributed by atoms with van der Waals surface area (Å²) in [5, 5.41) is 5.13. The van der Waals surface area contributed by atoms with Gasteiger partial charge in [0.25, 0.3) is 10.0 Å². The van der Waals surface area contributed by atoms with Crippen LogP contribution in [0, 0.1) is 0 Å². The van der Waals surface area contributed by atoms with Crippen LogP contribution in [0.2, 0.25) is 5.02 Å². The van der Waals surface area contributed by atoms with Crippen LogP contribution in [0.15, 0.2) is 71.3 Å². The zero-order chi connectivity index (χ0) is 19.7. The Morgan fingerprint density at radius 1 is 1.18 bits per heavy atom. The highest BCUT2D eigenvalue weighted by Crippen LogP contribution is 2.39. The van der Waals surface area contributed by atoms with E-state index in [1.165, 1.54) is 21.8 Å². The standard InChI is InChI=1S/C19H14ClN3O3S2/c20-14-5-3-13(4-6-14)12-23-16-7-9-27-19(16)18(24)17(28(23,25)26)11-22-15-2-1-8-21-10-15/h1-11,22H,12H2/b17-11-. The number of pyridine rings is 1. The molecule has 0 saturated carbocycles. The van der Waals surface area contributed by atoms with Gasteiger partial charge in [0, 0.05) is 17.4 Å². The number of carbonyl (C=O) groups is 1. The van der Waals surface area contributed by atoms with Crippen molar-refractivity contribution in [2.75, 3.05) is 9.62 Å². The summed E-state index contributed by atoms with van der Waals surface area (Å²) in [7, 11) is -4.04. The molecule has 142 valence electrons. The van der Waals surface area contributed by atoms with E-state index in [4.69, 9.17) is 11.6 Å². The summed E-state index contributed by atoms with van der Waals surface area (Å²) >= 11 is 7.14. The number of sulfonamides is 1. The van der Waals surface area contributed by atoms with Crippen molar-refractivity contribution in [1.29, 1.82) is 0 Å². The number of Topliss-reactive ketones (excluding diaryl/α,β-unsaturated/α-hetero) is 1. The van der Waals surface area contributed by atoms with E-state index >= 15 is 0 Å². The maximum atomic E-state index is 13.2. The minimum absolute atomic E-state index is 0.0980. The average Bonchev–Trinajstić information content (AvgIpc) is 3.17. The summed E-state index contributed by atoms with van der Waals surface area (Å²) in [4.78, 5) is 16.9. The third kappa shape index (κ3) is 3.42. The Morgan fingerprint density at radius 2 is 1.96 bits per heavy atom. The lowest BCUT2D eigenvalue weighted by molar-refractivity contribution is 0.104. The van der Waals surface area contributed by atoms with Gasteiger partial charge in [-0.3, -0.25) is 14.1 Å². The molecule has 0 spiro atoms. The van der Waals surface area contributed by atoms with Crippen molar-refractivity contribution < 1.29 is 13.2 Å². The Morgan fingerprint density at radius 3 is 2.68 bits per heavy atom. The van der Waals surface area contributed by atoms with E-state index in [-0.39, 0.29) is 11.4 Å². The lowest BCUT2D eigenvalue weighted by Gasteiger charge is -2.29. The summed E-state index contributed by atoms with van der Waals surface area (Å²) in [5.41, 5.74) is 1.74. The van der Waals surface area contributed by atoms with E-state index < -0.39 is 15.8 Å². The van der Waals surface area contributed by atoms with Crippen LogP contribution in [0.25, 0.3) is 0 Å². The lowest BCUT2D eigenvalue weighted by atomic mass is 10.2. The van der Waals surface area contributed by atoms with Crippen LogP contribution < -0.4 is 9.62 Å². The fraction of sp³-hybridized carbons (Fsp3) is 0.0526. The molecule has 1 aliphatic rings. The smallest absolute Gasteiger partial charge is 0.270 e. The summed E-state index contributed by atoms with van der Waals surface area (Å²) < 4.78 is 27.7. The van der Waals surface area contributed by atoms with Crippen LogP contribution in [0.4, 0.5) is 11.4 Å². The quantitative estimate of drug-likeness (QED) is 0.623. The number of nitrogens with zero attached hydrogens (tertiary/aromatic N) is 2. The van der Waals surface area contributed by atoms with Gasteiger partial charge in [-0.25, -0.2) is 8.42 Å². The molecule has 1 aliphatic heterocycles. The lowest BCUT2D eigenvalue weighted by Crippen LogP contribution is -2.38. The largest absolute Gasteiger partial charge is 0.359 e. The highest BCUT2D eigenvalue weighted by atomic mass is 35.5. The molecule has 1 aromatic carbocycles. The summed E-state index contributed by atoms with van der Waals surface area (Å²) in [6.07, 6.45) is 4.37. The topological polar surface area (TPSA) is 79.4 Å². The first-order valence-corrected chi connectivity index (χ1v) is 10.9. The molecule has 0 fully saturated rings. The first-order valence-electron chi connectivity index (χ1n) is 8.23. The second-order valence-electron chi connectivity index (χ2n) is 6.00. The van der Waals surface area contributed by atoms with Gasteiger partial charge in [0.05, 0.1) is 24.1 Å². The fourth-order valence-corrected chi connectivity index (χ4v) is 5.42. The second kappa shape index (κ2) is 7.38. The van der Waals surface area contributed by atoms with Crippen molar-refractivity contribution in [3.05, 3.63) is 86.8 Å². The number of hydrogen-bond donors (Lipinski definition) is 1. The van der Waals surface area contributed by atoms with Crippen molar-refractivity contribution in [3.8, 4) is 0 Å². The maximum Gasteiger partial charge on any atom is 0.270 e. The third-order valence-corrected chi connectivity index (χ3v) is 7.10. The molecule has 0 aliphatic carbocycles. The molecule has 1 N–H and O–H groups in total. The van der Waals surface area contributed by atoms with Gasteiger partial charge in [-0.15, -0.1) is 11.3 Å². The molecule has 0 radical (unpaired) electrons. The SMILES string of the molecule is O=C1/C(=C/Nc2cccnc2)S(=O)(=O)N(Cc2ccc(Cl)cc2)c2ccsc21. The number of thiophene rings is 1. The molecule has 0 atom stereocenters. The van der Waals surface area contributed by atoms with E-state index in [9.17, 15) is 13.2 Å². The molecule has 2 aromatic heterocycles. The second-order valence-corrected chi connectivity index (χ2v) is 9.18.